The lowest BCUT2D eigenvalue weighted by atomic mass is 9.98. The first-order valence-corrected chi connectivity index (χ1v) is 8.53. The minimum absolute atomic E-state index is 0.161. The molecule has 0 aromatic rings. The summed E-state index contributed by atoms with van der Waals surface area (Å²) in [5.41, 5.74) is 0. The van der Waals surface area contributed by atoms with Gasteiger partial charge in [-0.25, -0.2) is 0 Å². The quantitative estimate of drug-likeness (QED) is 0.337. The maximum absolute atomic E-state index is 12.3. The van der Waals surface area contributed by atoms with Crippen LogP contribution in [0.3, 0.4) is 0 Å². The molecule has 5 nitrogen and oxygen atoms in total. The van der Waals surface area contributed by atoms with Gasteiger partial charge in [0.15, 0.2) is 0 Å². The summed E-state index contributed by atoms with van der Waals surface area (Å²) in [6.45, 7) is 8.67. The van der Waals surface area contributed by atoms with Gasteiger partial charge in [-0.2, -0.15) is 12.6 Å². The minimum atomic E-state index is -1.33. The summed E-state index contributed by atoms with van der Waals surface area (Å²) in [7, 11) is 0. The molecule has 0 radical (unpaired) electrons. The van der Waals surface area contributed by atoms with Gasteiger partial charge in [0.05, 0.1) is 25.7 Å². The fourth-order valence-electron chi connectivity index (χ4n) is 1.81. The van der Waals surface area contributed by atoms with E-state index in [1.807, 2.05) is 20.8 Å². The second kappa shape index (κ2) is 11.8. The molecule has 0 amide bonds. The normalized spacial score (nSPS) is 15.0. The van der Waals surface area contributed by atoms with Crippen LogP contribution in [0.4, 0.5) is 0 Å². The van der Waals surface area contributed by atoms with Gasteiger partial charge in [0.2, 0.25) is 0 Å². The fourth-order valence-corrected chi connectivity index (χ4v) is 2.07. The van der Waals surface area contributed by atoms with E-state index in [9.17, 15) is 9.59 Å². The van der Waals surface area contributed by atoms with E-state index in [2.05, 4.69) is 12.6 Å². The number of carbonyl (C=O) groups is 2. The maximum Gasteiger partial charge on any atom is 0.325 e. The van der Waals surface area contributed by atoms with Gasteiger partial charge in [-0.1, -0.05) is 26.7 Å². The lowest BCUT2D eigenvalue weighted by molar-refractivity contribution is -0.157. The van der Waals surface area contributed by atoms with Crippen molar-refractivity contribution in [2.75, 3.05) is 19.8 Å². The molecule has 0 aliphatic carbocycles. The maximum atomic E-state index is 12.3. The molecule has 0 rings (SSSR count). The van der Waals surface area contributed by atoms with Crippen LogP contribution in [0.25, 0.3) is 0 Å². The van der Waals surface area contributed by atoms with Crippen molar-refractivity contribution in [3.05, 3.63) is 0 Å². The third kappa shape index (κ3) is 7.49. The van der Waals surface area contributed by atoms with Crippen LogP contribution in [-0.4, -0.2) is 42.6 Å². The van der Waals surface area contributed by atoms with Gasteiger partial charge in [-0.05, 0) is 26.7 Å². The average molecular weight is 334 g/mol. The summed E-state index contributed by atoms with van der Waals surface area (Å²) in [4.78, 5) is 24.3. The summed E-state index contributed by atoms with van der Waals surface area (Å²) in [6.07, 6.45) is 2.73. The average Bonchev–Trinajstić information content (AvgIpc) is 2.47. The van der Waals surface area contributed by atoms with E-state index >= 15 is 0 Å². The van der Waals surface area contributed by atoms with Crippen molar-refractivity contribution in [2.24, 2.45) is 0 Å². The first-order chi connectivity index (χ1) is 10.4. The molecule has 0 spiro atoms. The van der Waals surface area contributed by atoms with Crippen LogP contribution in [0, 0.1) is 0 Å². The fraction of sp³-hybridized carbons (Fsp3) is 0.875. The second-order valence-electron chi connectivity index (χ2n) is 5.26. The van der Waals surface area contributed by atoms with Crippen LogP contribution in [-0.2, 0) is 23.8 Å². The Morgan fingerprint density at radius 1 is 1.05 bits per heavy atom. The Bertz CT molecular complexity index is 334. The van der Waals surface area contributed by atoms with Crippen molar-refractivity contribution < 1.29 is 23.8 Å². The van der Waals surface area contributed by atoms with Crippen molar-refractivity contribution in [1.29, 1.82) is 0 Å². The van der Waals surface area contributed by atoms with E-state index in [0.29, 0.717) is 19.8 Å². The zero-order valence-electron chi connectivity index (χ0n) is 14.2. The van der Waals surface area contributed by atoms with Gasteiger partial charge in [0.25, 0.3) is 0 Å². The Balaban J connectivity index is 4.77. The van der Waals surface area contributed by atoms with E-state index in [1.54, 1.807) is 6.92 Å². The Morgan fingerprint density at radius 2 is 1.59 bits per heavy atom. The predicted octanol–water partition coefficient (Wildman–Crippen LogP) is 3.16. The number of ether oxygens (including phenoxy) is 3. The minimum Gasteiger partial charge on any atom is -0.466 e. The number of hydrogen-bond donors (Lipinski definition) is 1. The number of thiol groups is 1. The van der Waals surface area contributed by atoms with Crippen LogP contribution < -0.4 is 0 Å². The molecule has 0 N–H and O–H groups in total. The summed E-state index contributed by atoms with van der Waals surface area (Å²) < 4.78 is 14.5. The van der Waals surface area contributed by atoms with Crippen molar-refractivity contribution in [1.82, 2.24) is 0 Å². The van der Waals surface area contributed by atoms with Gasteiger partial charge >= 0.3 is 11.9 Å². The van der Waals surface area contributed by atoms with Crippen molar-refractivity contribution >= 4 is 24.6 Å². The molecule has 22 heavy (non-hydrogen) atoms. The Morgan fingerprint density at radius 3 is 2.09 bits per heavy atom. The standard InChI is InChI=1S/C16H30O5S/c1-5-8-10-20-14(17)12-16(22,13(4)19-7-3)15(18)21-11-9-6-2/h13,22H,5-12H2,1-4H3/t13?,16-/m0/s1. The Hall–Kier alpha value is -0.750. The highest BCUT2D eigenvalue weighted by Crippen LogP contribution is 2.29. The van der Waals surface area contributed by atoms with E-state index in [0.717, 1.165) is 25.7 Å². The first-order valence-electron chi connectivity index (χ1n) is 8.09. The zero-order valence-corrected chi connectivity index (χ0v) is 15.1. The van der Waals surface area contributed by atoms with Gasteiger partial charge in [0.1, 0.15) is 4.75 Å². The molecule has 0 saturated heterocycles. The SMILES string of the molecule is CCCCOC(=O)C[C@@](S)(C(=O)OCCCC)C(C)OCC. The molecule has 0 aromatic heterocycles. The summed E-state index contributed by atoms with van der Waals surface area (Å²) in [6, 6.07) is 0. The van der Waals surface area contributed by atoms with Gasteiger partial charge < -0.3 is 14.2 Å². The van der Waals surface area contributed by atoms with Crippen LogP contribution in [0.2, 0.25) is 0 Å². The predicted molar refractivity (Wildman–Crippen MR) is 89.2 cm³/mol. The lowest BCUT2D eigenvalue weighted by Gasteiger charge is -2.31. The molecule has 0 bridgehead atoms. The number of carbonyl (C=O) groups excluding carboxylic acids is 2. The lowest BCUT2D eigenvalue weighted by Crippen LogP contribution is -2.47. The van der Waals surface area contributed by atoms with E-state index in [1.165, 1.54) is 0 Å². The van der Waals surface area contributed by atoms with Crippen molar-refractivity contribution in [3.8, 4) is 0 Å². The zero-order chi connectivity index (χ0) is 17.0. The number of unbranched alkanes of at least 4 members (excludes halogenated alkanes) is 2. The number of hydrogen-bond acceptors (Lipinski definition) is 6. The van der Waals surface area contributed by atoms with Crippen LogP contribution in [0.1, 0.15) is 59.8 Å². The molecular weight excluding hydrogens is 304 g/mol. The van der Waals surface area contributed by atoms with Crippen LogP contribution >= 0.6 is 12.6 Å². The number of esters is 2. The van der Waals surface area contributed by atoms with E-state index in [4.69, 9.17) is 14.2 Å². The highest BCUT2D eigenvalue weighted by Gasteiger charge is 2.45. The first kappa shape index (κ1) is 21.2. The monoisotopic (exact) mass is 334 g/mol. The third-order valence-corrected chi connectivity index (χ3v) is 4.05. The van der Waals surface area contributed by atoms with E-state index in [-0.39, 0.29) is 6.42 Å². The number of rotatable bonds is 12. The smallest absolute Gasteiger partial charge is 0.325 e. The largest absolute Gasteiger partial charge is 0.466 e. The third-order valence-electron chi connectivity index (χ3n) is 3.35. The summed E-state index contributed by atoms with van der Waals surface area (Å²) in [5, 5.41) is 0. The highest BCUT2D eigenvalue weighted by molar-refractivity contribution is 7.82. The molecule has 0 aliphatic rings. The second-order valence-corrected chi connectivity index (χ2v) is 6.06. The molecule has 0 aromatic carbocycles. The highest BCUT2D eigenvalue weighted by atomic mass is 32.1. The van der Waals surface area contributed by atoms with E-state index < -0.39 is 22.8 Å². The molecular formula is C16H30O5S. The summed E-state index contributed by atoms with van der Waals surface area (Å²) >= 11 is 4.43. The molecule has 0 heterocycles. The molecule has 0 fully saturated rings. The van der Waals surface area contributed by atoms with Crippen LogP contribution in [0.15, 0.2) is 0 Å². The van der Waals surface area contributed by atoms with Crippen molar-refractivity contribution in [3.63, 3.8) is 0 Å². The Labute approximate surface area is 139 Å². The van der Waals surface area contributed by atoms with Crippen molar-refractivity contribution in [2.45, 2.75) is 70.7 Å². The van der Waals surface area contributed by atoms with Gasteiger partial charge in [0, 0.05) is 6.61 Å². The molecule has 0 saturated carbocycles. The molecule has 6 heteroatoms. The molecule has 0 aliphatic heterocycles. The Kier molecular flexibility index (Phi) is 11.4. The summed E-state index contributed by atoms with van der Waals surface area (Å²) in [5.74, 6) is -0.986. The topological polar surface area (TPSA) is 61.8 Å². The van der Waals surface area contributed by atoms with Crippen LogP contribution in [0.5, 0.6) is 0 Å². The molecule has 1 unspecified atom stereocenters. The van der Waals surface area contributed by atoms with Gasteiger partial charge in [-0.3, -0.25) is 9.59 Å². The molecule has 130 valence electrons. The molecule has 2 atom stereocenters. The van der Waals surface area contributed by atoms with Gasteiger partial charge in [-0.15, -0.1) is 0 Å².